The average molecular weight is 308 g/mol. The number of rotatable bonds is 4. The molecule has 1 N–H and O–H groups in total. The summed E-state index contributed by atoms with van der Waals surface area (Å²) in [4.78, 5) is 6.13. The highest BCUT2D eigenvalue weighted by Gasteiger charge is 2.17. The summed E-state index contributed by atoms with van der Waals surface area (Å²) in [6.45, 7) is 3.28. The molecular formula is C14H20N4O2S. The van der Waals surface area contributed by atoms with Gasteiger partial charge >= 0.3 is 0 Å². The Labute approximate surface area is 130 Å². The van der Waals surface area contributed by atoms with Gasteiger partial charge in [-0.25, -0.2) is 0 Å². The van der Waals surface area contributed by atoms with Crippen LogP contribution in [0, 0.1) is 0 Å². The van der Waals surface area contributed by atoms with Crippen molar-refractivity contribution in [2.75, 3.05) is 27.3 Å². The van der Waals surface area contributed by atoms with Gasteiger partial charge in [-0.3, -0.25) is 10.4 Å². The van der Waals surface area contributed by atoms with E-state index in [1.165, 1.54) is 0 Å². The molecule has 0 unspecified atom stereocenters. The number of hydrogen-bond donors (Lipinski definition) is 1. The molecule has 0 aromatic carbocycles. The van der Waals surface area contributed by atoms with Crippen molar-refractivity contribution in [3.63, 3.8) is 0 Å². The van der Waals surface area contributed by atoms with Crippen LogP contribution in [0.3, 0.4) is 0 Å². The minimum absolute atomic E-state index is 0.131. The van der Waals surface area contributed by atoms with Crippen molar-refractivity contribution in [2.24, 2.45) is 5.10 Å². The first-order chi connectivity index (χ1) is 10.1. The highest BCUT2D eigenvalue weighted by Crippen LogP contribution is 2.16. The Morgan fingerprint density at radius 3 is 2.90 bits per heavy atom. The summed E-state index contributed by atoms with van der Waals surface area (Å²) in [5, 5.41) is 4.76. The summed E-state index contributed by atoms with van der Waals surface area (Å²) in [7, 11) is 3.72. The second kappa shape index (κ2) is 7.33. The van der Waals surface area contributed by atoms with E-state index in [1.54, 1.807) is 11.1 Å². The molecule has 2 heterocycles. The van der Waals surface area contributed by atoms with Crippen LogP contribution in [0.4, 0.5) is 0 Å². The molecule has 0 amide bonds. The third-order valence-electron chi connectivity index (χ3n) is 3.02. The zero-order chi connectivity index (χ0) is 15.2. The van der Waals surface area contributed by atoms with Crippen molar-refractivity contribution in [3.8, 4) is 5.75 Å². The van der Waals surface area contributed by atoms with Crippen LogP contribution >= 0.6 is 12.2 Å². The van der Waals surface area contributed by atoms with Gasteiger partial charge in [0.2, 0.25) is 0 Å². The minimum atomic E-state index is 0.131. The average Bonchev–Trinajstić information content (AvgIpc) is 2.98. The lowest BCUT2D eigenvalue weighted by atomic mass is 10.2. The number of hydrogen-bond acceptors (Lipinski definition) is 5. The fourth-order valence-corrected chi connectivity index (χ4v) is 1.80. The maximum absolute atomic E-state index is 5.77. The molecule has 21 heavy (non-hydrogen) atoms. The third-order valence-corrected chi connectivity index (χ3v) is 3.48. The van der Waals surface area contributed by atoms with Gasteiger partial charge in [0, 0.05) is 20.5 Å². The third kappa shape index (κ3) is 4.64. The number of ether oxygens (including phenoxy) is 2. The number of nitrogens with one attached hydrogen (secondary N) is 1. The van der Waals surface area contributed by atoms with Crippen molar-refractivity contribution in [3.05, 3.63) is 24.0 Å². The predicted molar refractivity (Wildman–Crippen MR) is 85.7 cm³/mol. The largest absolute Gasteiger partial charge is 0.486 e. The fraction of sp³-hybridized carbons (Fsp3) is 0.500. The highest BCUT2D eigenvalue weighted by molar-refractivity contribution is 7.80. The topological polar surface area (TPSA) is 59.0 Å². The van der Waals surface area contributed by atoms with Gasteiger partial charge in [-0.15, -0.1) is 0 Å². The Kier molecular flexibility index (Phi) is 5.46. The molecule has 6 nitrogen and oxygen atoms in total. The SMILES string of the molecule is C/C(=N\NC(=S)N(C)C)c1ccc(O[C@@H]2CCOC2)cn1. The first kappa shape index (κ1) is 15.7. The zero-order valence-electron chi connectivity index (χ0n) is 12.5. The predicted octanol–water partition coefficient (Wildman–Crippen LogP) is 1.41. The Bertz CT molecular complexity index is 510. The van der Waals surface area contributed by atoms with Crippen molar-refractivity contribution >= 4 is 23.0 Å². The number of thiocarbonyl (C=S) groups is 1. The van der Waals surface area contributed by atoms with E-state index >= 15 is 0 Å². The molecule has 1 atom stereocenters. The highest BCUT2D eigenvalue weighted by atomic mass is 32.1. The zero-order valence-corrected chi connectivity index (χ0v) is 13.3. The minimum Gasteiger partial charge on any atom is -0.486 e. The normalized spacial score (nSPS) is 18.4. The molecule has 0 radical (unpaired) electrons. The summed E-state index contributed by atoms with van der Waals surface area (Å²) < 4.78 is 11.0. The van der Waals surface area contributed by atoms with Crippen LogP contribution in [-0.2, 0) is 4.74 Å². The number of hydrazone groups is 1. The van der Waals surface area contributed by atoms with Gasteiger partial charge in [-0.05, 0) is 31.3 Å². The van der Waals surface area contributed by atoms with Crippen LogP contribution in [0.2, 0.25) is 0 Å². The lowest BCUT2D eigenvalue weighted by Crippen LogP contribution is -2.31. The molecule has 0 aliphatic carbocycles. The molecule has 0 bridgehead atoms. The maximum Gasteiger partial charge on any atom is 0.189 e. The van der Waals surface area contributed by atoms with Gasteiger partial charge < -0.3 is 14.4 Å². The summed E-state index contributed by atoms with van der Waals surface area (Å²) in [6, 6.07) is 3.77. The van der Waals surface area contributed by atoms with Gasteiger partial charge in [-0.2, -0.15) is 5.10 Å². The first-order valence-electron chi connectivity index (χ1n) is 6.78. The summed E-state index contributed by atoms with van der Waals surface area (Å²) in [5.74, 6) is 0.749. The van der Waals surface area contributed by atoms with Crippen LogP contribution in [0.25, 0.3) is 0 Å². The molecule has 1 aliphatic rings. The Morgan fingerprint density at radius 2 is 2.33 bits per heavy atom. The molecule has 1 aliphatic heterocycles. The maximum atomic E-state index is 5.77. The molecular weight excluding hydrogens is 288 g/mol. The van der Waals surface area contributed by atoms with E-state index in [9.17, 15) is 0 Å². The monoisotopic (exact) mass is 308 g/mol. The van der Waals surface area contributed by atoms with E-state index in [-0.39, 0.29) is 6.10 Å². The smallest absolute Gasteiger partial charge is 0.189 e. The molecule has 1 aromatic rings. The van der Waals surface area contributed by atoms with Gasteiger partial charge in [-0.1, -0.05) is 0 Å². The molecule has 1 aromatic heterocycles. The molecule has 0 saturated carbocycles. The Balaban J connectivity index is 1.94. The number of aromatic nitrogens is 1. The van der Waals surface area contributed by atoms with Crippen molar-refractivity contribution in [2.45, 2.75) is 19.4 Å². The van der Waals surface area contributed by atoms with Crippen LogP contribution in [0.5, 0.6) is 5.75 Å². The van der Waals surface area contributed by atoms with E-state index in [1.807, 2.05) is 33.2 Å². The Morgan fingerprint density at radius 1 is 1.52 bits per heavy atom. The van der Waals surface area contributed by atoms with Gasteiger partial charge in [0.05, 0.1) is 30.8 Å². The fourth-order valence-electron chi connectivity index (χ4n) is 1.75. The standard InChI is InChI=1S/C14H20N4O2S/c1-10(16-17-14(21)18(2)3)13-5-4-11(8-15-13)20-12-6-7-19-9-12/h4-5,8,12H,6-7,9H2,1-3H3,(H,17,21)/b16-10+/t12-/m1/s1. The molecule has 7 heteroatoms. The lowest BCUT2D eigenvalue weighted by Gasteiger charge is -2.13. The molecule has 2 rings (SSSR count). The van der Waals surface area contributed by atoms with Crippen molar-refractivity contribution in [1.82, 2.24) is 15.3 Å². The van der Waals surface area contributed by atoms with Crippen LogP contribution in [0.15, 0.2) is 23.4 Å². The summed E-state index contributed by atoms with van der Waals surface area (Å²) in [6.07, 6.45) is 2.76. The number of nitrogens with zero attached hydrogens (tertiary/aromatic N) is 3. The van der Waals surface area contributed by atoms with Crippen molar-refractivity contribution in [1.29, 1.82) is 0 Å². The summed E-state index contributed by atoms with van der Waals surface area (Å²) in [5.41, 5.74) is 4.35. The summed E-state index contributed by atoms with van der Waals surface area (Å²) >= 11 is 5.10. The van der Waals surface area contributed by atoms with Crippen LogP contribution in [-0.4, -0.2) is 54.1 Å². The van der Waals surface area contributed by atoms with E-state index in [2.05, 4.69) is 15.5 Å². The van der Waals surface area contributed by atoms with E-state index in [0.29, 0.717) is 11.7 Å². The van der Waals surface area contributed by atoms with E-state index in [0.717, 1.165) is 30.2 Å². The molecule has 1 fully saturated rings. The van der Waals surface area contributed by atoms with E-state index < -0.39 is 0 Å². The van der Waals surface area contributed by atoms with Gasteiger partial charge in [0.25, 0.3) is 0 Å². The quantitative estimate of drug-likeness (QED) is 0.515. The first-order valence-corrected chi connectivity index (χ1v) is 7.19. The second-order valence-corrected chi connectivity index (χ2v) is 5.38. The van der Waals surface area contributed by atoms with Crippen LogP contribution in [0.1, 0.15) is 19.0 Å². The van der Waals surface area contributed by atoms with Crippen molar-refractivity contribution < 1.29 is 9.47 Å². The van der Waals surface area contributed by atoms with E-state index in [4.69, 9.17) is 21.7 Å². The lowest BCUT2D eigenvalue weighted by molar-refractivity contribution is 0.141. The second-order valence-electron chi connectivity index (χ2n) is 4.99. The molecule has 0 spiro atoms. The molecule has 1 saturated heterocycles. The Hall–Kier alpha value is -1.73. The number of pyridine rings is 1. The van der Waals surface area contributed by atoms with Gasteiger partial charge in [0.15, 0.2) is 5.11 Å². The molecule has 114 valence electrons. The van der Waals surface area contributed by atoms with Crippen LogP contribution < -0.4 is 10.2 Å². The van der Waals surface area contributed by atoms with Gasteiger partial charge in [0.1, 0.15) is 11.9 Å².